The van der Waals surface area contributed by atoms with Gasteiger partial charge in [0.1, 0.15) is 5.75 Å². The number of carbonyl (C=O) groups is 1. The fraction of sp³-hybridized carbons (Fsp3) is 0.533. The van der Waals surface area contributed by atoms with Crippen LogP contribution in [0.1, 0.15) is 18.9 Å². The maximum absolute atomic E-state index is 12.4. The molecule has 1 amide bonds. The topological polar surface area (TPSA) is 41.6 Å². The van der Waals surface area contributed by atoms with Gasteiger partial charge in [-0.15, -0.1) is 0 Å². The Hall–Kier alpha value is -1.55. The zero-order valence-electron chi connectivity index (χ0n) is 11.7. The van der Waals surface area contributed by atoms with Crippen molar-refractivity contribution in [1.29, 1.82) is 0 Å². The molecule has 0 spiro atoms. The molecule has 0 aliphatic carbocycles. The van der Waals surface area contributed by atoms with Crippen LogP contribution in [0.4, 0.5) is 0 Å². The summed E-state index contributed by atoms with van der Waals surface area (Å²) in [5.74, 6) is 1.03. The van der Waals surface area contributed by atoms with Crippen LogP contribution in [-0.4, -0.2) is 43.6 Å². The average Bonchev–Trinajstić information content (AvgIpc) is 2.64. The molecule has 1 fully saturated rings. The number of nitrogens with zero attached hydrogens (tertiary/aromatic N) is 1. The largest absolute Gasteiger partial charge is 0.497 e. The van der Waals surface area contributed by atoms with Gasteiger partial charge in [0.05, 0.1) is 13.5 Å². The Balaban J connectivity index is 1.98. The van der Waals surface area contributed by atoms with Crippen molar-refractivity contribution in [1.82, 2.24) is 10.2 Å². The molecule has 1 aliphatic rings. The van der Waals surface area contributed by atoms with Crippen molar-refractivity contribution < 1.29 is 9.53 Å². The number of carbonyl (C=O) groups excluding carboxylic acids is 1. The summed E-state index contributed by atoms with van der Waals surface area (Å²) in [4.78, 5) is 14.3. The molecule has 1 aromatic carbocycles. The minimum absolute atomic E-state index is 0.210. The van der Waals surface area contributed by atoms with Crippen molar-refractivity contribution in [2.45, 2.75) is 25.8 Å². The van der Waals surface area contributed by atoms with Crippen LogP contribution in [0, 0.1) is 0 Å². The molecular formula is C15H22N2O2. The number of methoxy groups -OCH3 is 1. The van der Waals surface area contributed by atoms with E-state index in [4.69, 9.17) is 4.74 Å². The molecule has 2 rings (SSSR count). The van der Waals surface area contributed by atoms with E-state index in [0.717, 1.165) is 37.4 Å². The maximum atomic E-state index is 12.4. The van der Waals surface area contributed by atoms with E-state index in [-0.39, 0.29) is 11.9 Å². The number of rotatable bonds is 3. The van der Waals surface area contributed by atoms with Crippen LogP contribution in [0.2, 0.25) is 0 Å². The summed E-state index contributed by atoms with van der Waals surface area (Å²) >= 11 is 0. The van der Waals surface area contributed by atoms with E-state index in [9.17, 15) is 4.79 Å². The Morgan fingerprint density at radius 3 is 2.84 bits per heavy atom. The molecule has 1 N–H and O–H groups in total. The highest BCUT2D eigenvalue weighted by Gasteiger charge is 2.21. The van der Waals surface area contributed by atoms with Crippen molar-refractivity contribution in [3.63, 3.8) is 0 Å². The molecule has 1 saturated heterocycles. The smallest absolute Gasteiger partial charge is 0.227 e. The Morgan fingerprint density at radius 2 is 2.16 bits per heavy atom. The van der Waals surface area contributed by atoms with Crippen LogP contribution in [-0.2, 0) is 11.2 Å². The lowest BCUT2D eigenvalue weighted by Crippen LogP contribution is -2.42. The normalized spacial score (nSPS) is 19.9. The van der Waals surface area contributed by atoms with E-state index >= 15 is 0 Å². The third-order valence-electron chi connectivity index (χ3n) is 3.56. The average molecular weight is 262 g/mol. The second-order valence-corrected chi connectivity index (χ2v) is 5.02. The summed E-state index contributed by atoms with van der Waals surface area (Å²) in [5, 5.41) is 3.35. The molecule has 1 aliphatic heterocycles. The number of hydrogen-bond acceptors (Lipinski definition) is 3. The lowest BCUT2D eigenvalue weighted by Gasteiger charge is -2.27. The first-order chi connectivity index (χ1) is 9.20. The molecule has 0 aromatic heterocycles. The lowest BCUT2D eigenvalue weighted by atomic mass is 10.1. The fourth-order valence-corrected chi connectivity index (χ4v) is 2.41. The molecule has 0 bridgehead atoms. The standard InChI is InChI=1S/C15H22N2O2/c1-12-11-16-8-3-9-17(12)15(18)10-13-4-6-14(19-2)7-5-13/h4-7,12,16H,3,8-11H2,1-2H3. The first-order valence-corrected chi connectivity index (χ1v) is 6.84. The van der Waals surface area contributed by atoms with Gasteiger partial charge in [-0.25, -0.2) is 0 Å². The van der Waals surface area contributed by atoms with Gasteiger partial charge in [-0.2, -0.15) is 0 Å². The summed E-state index contributed by atoms with van der Waals surface area (Å²) in [5.41, 5.74) is 1.04. The molecule has 0 saturated carbocycles. The number of ether oxygens (including phenoxy) is 1. The number of nitrogens with one attached hydrogen (secondary N) is 1. The van der Waals surface area contributed by atoms with Crippen LogP contribution < -0.4 is 10.1 Å². The number of hydrogen-bond donors (Lipinski definition) is 1. The lowest BCUT2D eigenvalue weighted by molar-refractivity contribution is -0.132. The van der Waals surface area contributed by atoms with Gasteiger partial charge in [0.2, 0.25) is 5.91 Å². The van der Waals surface area contributed by atoms with Gasteiger partial charge >= 0.3 is 0 Å². The van der Waals surface area contributed by atoms with Crippen molar-refractivity contribution in [3.8, 4) is 5.75 Å². The summed E-state index contributed by atoms with van der Waals surface area (Å²) in [6.07, 6.45) is 1.49. The molecule has 104 valence electrons. The molecule has 1 heterocycles. The zero-order chi connectivity index (χ0) is 13.7. The van der Waals surface area contributed by atoms with Crippen molar-refractivity contribution in [2.24, 2.45) is 0 Å². The van der Waals surface area contributed by atoms with Crippen LogP contribution in [0.25, 0.3) is 0 Å². The quantitative estimate of drug-likeness (QED) is 0.896. The molecule has 1 aromatic rings. The minimum atomic E-state index is 0.210. The highest BCUT2D eigenvalue weighted by atomic mass is 16.5. The summed E-state index contributed by atoms with van der Waals surface area (Å²) in [6, 6.07) is 7.98. The first-order valence-electron chi connectivity index (χ1n) is 6.84. The van der Waals surface area contributed by atoms with Gasteiger partial charge < -0.3 is 15.0 Å². The van der Waals surface area contributed by atoms with Gasteiger partial charge in [0.25, 0.3) is 0 Å². The molecule has 1 unspecified atom stereocenters. The van der Waals surface area contributed by atoms with E-state index in [1.54, 1.807) is 7.11 Å². The van der Waals surface area contributed by atoms with E-state index in [1.165, 1.54) is 0 Å². The minimum Gasteiger partial charge on any atom is -0.497 e. The molecule has 0 radical (unpaired) electrons. The van der Waals surface area contributed by atoms with E-state index in [2.05, 4.69) is 12.2 Å². The molecular weight excluding hydrogens is 240 g/mol. The SMILES string of the molecule is COc1ccc(CC(=O)N2CCCNCC2C)cc1. The van der Waals surface area contributed by atoms with Gasteiger partial charge in [-0.3, -0.25) is 4.79 Å². The van der Waals surface area contributed by atoms with Gasteiger partial charge in [-0.05, 0) is 37.6 Å². The van der Waals surface area contributed by atoms with Crippen LogP contribution in [0.15, 0.2) is 24.3 Å². The van der Waals surface area contributed by atoms with Crippen molar-refractivity contribution >= 4 is 5.91 Å². The summed E-state index contributed by atoms with van der Waals surface area (Å²) in [7, 11) is 1.64. The van der Waals surface area contributed by atoms with Crippen LogP contribution >= 0.6 is 0 Å². The third kappa shape index (κ3) is 3.70. The van der Waals surface area contributed by atoms with Crippen LogP contribution in [0.3, 0.4) is 0 Å². The van der Waals surface area contributed by atoms with Crippen LogP contribution in [0.5, 0.6) is 5.75 Å². The van der Waals surface area contributed by atoms with E-state index in [1.807, 2.05) is 29.2 Å². The van der Waals surface area contributed by atoms with Crippen molar-refractivity contribution in [3.05, 3.63) is 29.8 Å². The third-order valence-corrected chi connectivity index (χ3v) is 3.56. The monoisotopic (exact) mass is 262 g/mol. The summed E-state index contributed by atoms with van der Waals surface area (Å²) < 4.78 is 5.12. The van der Waals surface area contributed by atoms with E-state index < -0.39 is 0 Å². The molecule has 19 heavy (non-hydrogen) atoms. The molecule has 4 heteroatoms. The van der Waals surface area contributed by atoms with E-state index in [0.29, 0.717) is 6.42 Å². The zero-order valence-corrected chi connectivity index (χ0v) is 11.7. The van der Waals surface area contributed by atoms with Crippen molar-refractivity contribution in [2.75, 3.05) is 26.7 Å². The Morgan fingerprint density at radius 1 is 1.42 bits per heavy atom. The number of benzene rings is 1. The van der Waals surface area contributed by atoms with Gasteiger partial charge in [0.15, 0.2) is 0 Å². The number of amides is 1. The summed E-state index contributed by atoms with van der Waals surface area (Å²) in [6.45, 7) is 4.83. The Bertz CT molecular complexity index is 417. The Kier molecular flexibility index (Phi) is 4.80. The fourth-order valence-electron chi connectivity index (χ4n) is 2.41. The predicted molar refractivity (Wildman–Crippen MR) is 75.4 cm³/mol. The highest BCUT2D eigenvalue weighted by Crippen LogP contribution is 2.13. The van der Waals surface area contributed by atoms with Gasteiger partial charge in [0, 0.05) is 19.1 Å². The van der Waals surface area contributed by atoms with Gasteiger partial charge in [-0.1, -0.05) is 12.1 Å². The molecule has 1 atom stereocenters. The predicted octanol–water partition coefficient (Wildman–Crippen LogP) is 1.45. The Labute approximate surface area is 114 Å². The maximum Gasteiger partial charge on any atom is 0.227 e. The molecule has 4 nitrogen and oxygen atoms in total. The second kappa shape index (κ2) is 6.57. The second-order valence-electron chi connectivity index (χ2n) is 5.02. The highest BCUT2D eigenvalue weighted by molar-refractivity contribution is 5.79. The first kappa shape index (κ1) is 13.9.